The van der Waals surface area contributed by atoms with E-state index in [0.29, 0.717) is 19.3 Å². The monoisotopic (exact) mass is 1030 g/mol. The summed E-state index contributed by atoms with van der Waals surface area (Å²) in [5, 5.41) is 0. The van der Waals surface area contributed by atoms with Gasteiger partial charge in [0, 0.05) is 19.4 Å². The fraction of sp³-hybridized carbons (Fsp3) is 0.556. The van der Waals surface area contributed by atoms with Crippen molar-refractivity contribution in [3.8, 4) is 0 Å². The third-order valence-electron chi connectivity index (χ3n) is 10.9. The molecule has 10 heteroatoms. The maximum atomic E-state index is 12.7. The van der Waals surface area contributed by atoms with E-state index in [0.717, 1.165) is 109 Å². The lowest BCUT2D eigenvalue weighted by Gasteiger charge is -2.19. The molecule has 0 amide bonds. The second kappa shape index (κ2) is 56.9. The molecule has 0 saturated heterocycles. The predicted molar refractivity (Wildman–Crippen MR) is 311 cm³/mol. The van der Waals surface area contributed by atoms with E-state index >= 15 is 0 Å². The van der Waals surface area contributed by atoms with E-state index in [1.165, 1.54) is 38.5 Å². The van der Waals surface area contributed by atoms with Crippen LogP contribution in [0.25, 0.3) is 0 Å². The molecular formula is C63H100NO8P. The second-order valence-electron chi connectivity index (χ2n) is 17.7. The molecular weight excluding hydrogens is 930 g/mol. The standard InChI is InChI=1S/C63H100NO8P/c1-3-5-7-9-11-13-15-17-19-21-23-25-27-28-29-30-31-32-34-35-37-39-41-43-45-47-49-51-53-55-62(65)69-59-61(60-71-73(67,68)70-58-57-64)72-63(66)56-54-52-50-48-46-44-42-40-38-36-33-26-24-22-20-18-16-14-12-10-8-6-4-2/h5-8,11-14,17-20,23-26,28-29,31-32,36,38,42,44,48,50,61H,3-4,9-10,15-16,21-22,27,30,33-35,37,39-41,43,45-47,49,51-60,64H2,1-2H3,(H,67,68)/b7-5-,8-6-,13-11-,14-12-,19-17-,20-18-,25-23-,26-24-,29-28-,32-31-,38-36-,44-42-,50-48-. The van der Waals surface area contributed by atoms with Crippen molar-refractivity contribution in [1.29, 1.82) is 0 Å². The molecule has 0 fully saturated rings. The van der Waals surface area contributed by atoms with E-state index < -0.39 is 32.5 Å². The molecule has 0 aliphatic carbocycles. The van der Waals surface area contributed by atoms with Crippen LogP contribution in [0.15, 0.2) is 158 Å². The fourth-order valence-corrected chi connectivity index (χ4v) is 7.63. The molecule has 0 aromatic heterocycles. The van der Waals surface area contributed by atoms with Gasteiger partial charge in [0.1, 0.15) is 6.61 Å². The largest absolute Gasteiger partial charge is 0.472 e. The van der Waals surface area contributed by atoms with E-state index in [2.05, 4.69) is 166 Å². The van der Waals surface area contributed by atoms with Crippen molar-refractivity contribution in [2.24, 2.45) is 5.73 Å². The number of phosphoric acid groups is 1. The lowest BCUT2D eigenvalue weighted by atomic mass is 10.1. The topological polar surface area (TPSA) is 134 Å². The van der Waals surface area contributed by atoms with Crippen molar-refractivity contribution in [2.75, 3.05) is 26.4 Å². The second-order valence-corrected chi connectivity index (χ2v) is 19.1. The van der Waals surface area contributed by atoms with Gasteiger partial charge in [-0.15, -0.1) is 0 Å². The van der Waals surface area contributed by atoms with Crippen molar-refractivity contribution in [2.45, 2.75) is 200 Å². The van der Waals surface area contributed by atoms with Gasteiger partial charge in [-0.05, 0) is 116 Å². The van der Waals surface area contributed by atoms with Gasteiger partial charge in [0.15, 0.2) is 6.10 Å². The number of hydrogen-bond acceptors (Lipinski definition) is 8. The van der Waals surface area contributed by atoms with Crippen molar-refractivity contribution in [3.05, 3.63) is 158 Å². The minimum Gasteiger partial charge on any atom is -0.462 e. The molecule has 2 atom stereocenters. The Kier molecular flexibility index (Phi) is 53.5. The summed E-state index contributed by atoms with van der Waals surface area (Å²) in [6.45, 7) is 3.42. The first-order chi connectivity index (χ1) is 35.8. The summed E-state index contributed by atoms with van der Waals surface area (Å²) in [6, 6.07) is 0. The summed E-state index contributed by atoms with van der Waals surface area (Å²) >= 11 is 0. The summed E-state index contributed by atoms with van der Waals surface area (Å²) in [6.07, 6.45) is 83.0. The van der Waals surface area contributed by atoms with Crippen LogP contribution >= 0.6 is 7.82 Å². The first-order valence-corrected chi connectivity index (χ1v) is 29.5. The SMILES string of the molecule is CC/C=C\C/C=C\C/C=C\C/C=C\C/C=C\C/C=C\C/C=C\CCCC(=O)OC(COC(=O)CCCCCCCCCCCC/C=C\C/C=C\C/C=C\C/C=C\C/C=C\C/C=C\CC)COP(=O)(O)OCCN. The van der Waals surface area contributed by atoms with Crippen molar-refractivity contribution in [1.82, 2.24) is 0 Å². The van der Waals surface area contributed by atoms with E-state index in [1.54, 1.807) is 0 Å². The van der Waals surface area contributed by atoms with Gasteiger partial charge in [-0.3, -0.25) is 18.6 Å². The van der Waals surface area contributed by atoms with Crippen molar-refractivity contribution < 1.29 is 37.6 Å². The number of carbonyl (C=O) groups is 2. The molecule has 0 saturated carbocycles. The highest BCUT2D eigenvalue weighted by molar-refractivity contribution is 7.47. The van der Waals surface area contributed by atoms with E-state index in [9.17, 15) is 19.0 Å². The van der Waals surface area contributed by atoms with Crippen LogP contribution in [0.2, 0.25) is 0 Å². The van der Waals surface area contributed by atoms with Crippen LogP contribution in [0.1, 0.15) is 194 Å². The minimum absolute atomic E-state index is 0.0343. The molecule has 0 radical (unpaired) electrons. The molecule has 0 rings (SSSR count). The van der Waals surface area contributed by atoms with Gasteiger partial charge in [0.25, 0.3) is 0 Å². The Morgan fingerprint density at radius 1 is 0.411 bits per heavy atom. The minimum atomic E-state index is -4.42. The van der Waals surface area contributed by atoms with Gasteiger partial charge >= 0.3 is 19.8 Å². The number of unbranched alkanes of at least 4 members (excludes halogenated alkanes) is 11. The number of hydrogen-bond donors (Lipinski definition) is 2. The maximum absolute atomic E-state index is 12.7. The number of carbonyl (C=O) groups excluding carboxylic acids is 2. The van der Waals surface area contributed by atoms with Gasteiger partial charge in [0.2, 0.25) is 0 Å². The number of phosphoric ester groups is 1. The average Bonchev–Trinajstić information content (AvgIpc) is 3.38. The smallest absolute Gasteiger partial charge is 0.462 e. The lowest BCUT2D eigenvalue weighted by Crippen LogP contribution is -2.29. The Balaban J connectivity index is 4.14. The summed E-state index contributed by atoms with van der Waals surface area (Å²) in [4.78, 5) is 35.1. The Morgan fingerprint density at radius 2 is 0.726 bits per heavy atom. The van der Waals surface area contributed by atoms with Gasteiger partial charge in [0.05, 0.1) is 13.2 Å². The van der Waals surface area contributed by atoms with Crippen LogP contribution in [0.4, 0.5) is 0 Å². The third-order valence-corrected chi connectivity index (χ3v) is 11.9. The molecule has 3 N–H and O–H groups in total. The number of ether oxygens (including phenoxy) is 2. The van der Waals surface area contributed by atoms with Crippen LogP contribution in [0, 0.1) is 0 Å². The zero-order valence-electron chi connectivity index (χ0n) is 45.5. The molecule has 0 aliphatic heterocycles. The van der Waals surface area contributed by atoms with Gasteiger partial charge in [-0.1, -0.05) is 223 Å². The highest BCUT2D eigenvalue weighted by atomic mass is 31.2. The molecule has 9 nitrogen and oxygen atoms in total. The fourth-order valence-electron chi connectivity index (χ4n) is 6.86. The van der Waals surface area contributed by atoms with Crippen molar-refractivity contribution >= 4 is 19.8 Å². The molecule has 0 aromatic rings. The van der Waals surface area contributed by atoms with Gasteiger partial charge in [-0.25, -0.2) is 4.57 Å². The van der Waals surface area contributed by atoms with Crippen LogP contribution in [-0.2, 0) is 32.7 Å². The summed E-state index contributed by atoms with van der Waals surface area (Å²) in [7, 11) is -4.42. The van der Waals surface area contributed by atoms with Gasteiger partial charge in [-0.2, -0.15) is 0 Å². The molecule has 0 bridgehead atoms. The van der Waals surface area contributed by atoms with Crippen LogP contribution in [-0.4, -0.2) is 49.3 Å². The van der Waals surface area contributed by atoms with Gasteiger partial charge < -0.3 is 20.1 Å². The molecule has 0 heterocycles. The van der Waals surface area contributed by atoms with Crippen LogP contribution in [0.3, 0.4) is 0 Å². The Labute approximate surface area is 445 Å². The summed E-state index contributed by atoms with van der Waals surface area (Å²) in [5.41, 5.74) is 5.37. The highest BCUT2D eigenvalue weighted by Gasteiger charge is 2.26. The maximum Gasteiger partial charge on any atom is 0.472 e. The van der Waals surface area contributed by atoms with Crippen LogP contribution in [0.5, 0.6) is 0 Å². The predicted octanol–water partition coefficient (Wildman–Crippen LogP) is 17.7. The van der Waals surface area contributed by atoms with E-state index in [1.807, 2.05) is 6.08 Å². The first-order valence-electron chi connectivity index (χ1n) is 28.0. The normalized spacial score (nSPS) is 14.3. The molecule has 73 heavy (non-hydrogen) atoms. The zero-order chi connectivity index (χ0) is 53.1. The van der Waals surface area contributed by atoms with Crippen molar-refractivity contribution in [3.63, 3.8) is 0 Å². The molecule has 0 spiro atoms. The quantitative estimate of drug-likeness (QED) is 0.0264. The highest BCUT2D eigenvalue weighted by Crippen LogP contribution is 2.43. The zero-order valence-corrected chi connectivity index (χ0v) is 46.4. The number of rotatable bonds is 50. The summed E-state index contributed by atoms with van der Waals surface area (Å²) < 4.78 is 32.9. The Hall–Kier alpha value is -4.37. The number of nitrogens with two attached hydrogens (primary N) is 1. The van der Waals surface area contributed by atoms with E-state index in [-0.39, 0.29) is 32.6 Å². The summed E-state index contributed by atoms with van der Waals surface area (Å²) in [5.74, 6) is -0.916. The average molecular weight is 1030 g/mol. The molecule has 2 unspecified atom stereocenters. The van der Waals surface area contributed by atoms with E-state index in [4.69, 9.17) is 24.3 Å². The lowest BCUT2D eigenvalue weighted by molar-refractivity contribution is -0.161. The Bertz CT molecular complexity index is 1740. The van der Waals surface area contributed by atoms with Crippen LogP contribution < -0.4 is 5.73 Å². The third kappa shape index (κ3) is 56.8. The molecule has 0 aliphatic rings. The Morgan fingerprint density at radius 3 is 1.10 bits per heavy atom. The first kappa shape index (κ1) is 68.6. The molecule has 410 valence electrons. The number of esters is 2. The molecule has 0 aromatic carbocycles. The number of allylic oxidation sites excluding steroid dienone is 26.